The van der Waals surface area contributed by atoms with Gasteiger partial charge in [0.25, 0.3) is 0 Å². The second-order valence-corrected chi connectivity index (χ2v) is 4.50. The lowest BCUT2D eigenvalue weighted by molar-refractivity contribution is 0.295. The summed E-state index contributed by atoms with van der Waals surface area (Å²) in [7, 11) is 0. The third-order valence-electron chi connectivity index (χ3n) is 2.05. The van der Waals surface area contributed by atoms with Crippen molar-refractivity contribution >= 4 is 28.5 Å². The number of nitrogens with two attached hydrogens (primary N) is 1. The fourth-order valence-electron chi connectivity index (χ4n) is 1.14. The lowest BCUT2D eigenvalue weighted by atomic mass is 10.5. The summed E-state index contributed by atoms with van der Waals surface area (Å²) in [6, 6.07) is 0. The molecule has 0 aliphatic heterocycles. The van der Waals surface area contributed by atoms with E-state index in [9.17, 15) is 0 Å². The molecule has 0 radical (unpaired) electrons. The third kappa shape index (κ3) is 3.01. The molecule has 0 amide bonds. The minimum atomic E-state index is 0.438. The van der Waals surface area contributed by atoms with Gasteiger partial charge in [0.05, 0.1) is 11.4 Å². The standard InChI is InChI=1S/C9H15N3S2/c1-3-12(4-2)6-8-11-5-7(14-8)9(10)13/h5H,3-4,6H2,1-2H3,(H2,10,13). The molecule has 0 spiro atoms. The van der Waals surface area contributed by atoms with Crippen LogP contribution in [0.2, 0.25) is 0 Å². The van der Waals surface area contributed by atoms with Crippen LogP contribution in [0.25, 0.3) is 0 Å². The fourth-order valence-corrected chi connectivity index (χ4v) is 2.13. The zero-order valence-electron chi connectivity index (χ0n) is 8.49. The molecule has 0 saturated heterocycles. The van der Waals surface area contributed by atoms with E-state index < -0.39 is 0 Å². The molecule has 0 bridgehead atoms. The van der Waals surface area contributed by atoms with Crippen LogP contribution in [0, 0.1) is 0 Å². The molecule has 0 aliphatic carbocycles. The summed E-state index contributed by atoms with van der Waals surface area (Å²) in [5.41, 5.74) is 5.51. The molecule has 0 unspecified atom stereocenters. The Kier molecular flexibility index (Phi) is 4.44. The summed E-state index contributed by atoms with van der Waals surface area (Å²) in [5, 5.41) is 1.08. The van der Waals surface area contributed by atoms with Crippen molar-refractivity contribution < 1.29 is 0 Å². The molecule has 3 nitrogen and oxygen atoms in total. The molecule has 1 heterocycles. The predicted octanol–water partition coefficient (Wildman–Crippen LogP) is 1.62. The van der Waals surface area contributed by atoms with Gasteiger partial charge in [0, 0.05) is 6.20 Å². The molecule has 0 atom stereocenters. The molecule has 1 aromatic heterocycles. The normalized spacial score (nSPS) is 10.8. The zero-order chi connectivity index (χ0) is 10.6. The Balaban J connectivity index is 2.63. The molecule has 78 valence electrons. The van der Waals surface area contributed by atoms with Gasteiger partial charge in [-0.1, -0.05) is 26.1 Å². The van der Waals surface area contributed by atoms with Crippen LogP contribution >= 0.6 is 23.6 Å². The monoisotopic (exact) mass is 229 g/mol. The molecule has 0 saturated carbocycles. The average molecular weight is 229 g/mol. The number of thiocarbonyl (C=S) groups is 1. The Morgan fingerprint density at radius 3 is 2.64 bits per heavy atom. The first-order valence-electron chi connectivity index (χ1n) is 4.64. The van der Waals surface area contributed by atoms with Gasteiger partial charge in [-0.3, -0.25) is 4.90 Å². The van der Waals surface area contributed by atoms with Crippen LogP contribution in [0.4, 0.5) is 0 Å². The lowest BCUT2D eigenvalue weighted by Gasteiger charge is -2.15. The molecule has 1 aromatic rings. The number of aromatic nitrogens is 1. The second-order valence-electron chi connectivity index (χ2n) is 2.94. The Morgan fingerprint density at radius 1 is 1.57 bits per heavy atom. The highest BCUT2D eigenvalue weighted by molar-refractivity contribution is 7.81. The van der Waals surface area contributed by atoms with Gasteiger partial charge in [-0.05, 0) is 13.1 Å². The maximum atomic E-state index is 5.51. The van der Waals surface area contributed by atoms with Crippen LogP contribution in [0.1, 0.15) is 23.7 Å². The molecule has 5 heteroatoms. The largest absolute Gasteiger partial charge is 0.389 e. The molecule has 0 aliphatic rings. The van der Waals surface area contributed by atoms with Gasteiger partial charge in [-0.2, -0.15) is 0 Å². The van der Waals surface area contributed by atoms with Gasteiger partial charge in [-0.15, -0.1) is 11.3 Å². The second kappa shape index (κ2) is 5.38. The summed E-state index contributed by atoms with van der Waals surface area (Å²) in [5.74, 6) is 0. The zero-order valence-corrected chi connectivity index (χ0v) is 10.1. The van der Waals surface area contributed by atoms with Crippen LogP contribution < -0.4 is 5.73 Å². The molecule has 14 heavy (non-hydrogen) atoms. The van der Waals surface area contributed by atoms with Gasteiger partial charge in [0.2, 0.25) is 0 Å². The molecular formula is C9H15N3S2. The van der Waals surface area contributed by atoms with E-state index in [1.54, 1.807) is 17.5 Å². The summed E-state index contributed by atoms with van der Waals surface area (Å²) in [4.78, 5) is 7.93. The SMILES string of the molecule is CCN(CC)Cc1ncc(C(N)=S)s1. The molecular weight excluding hydrogens is 214 g/mol. The summed E-state index contributed by atoms with van der Waals surface area (Å²) in [6.45, 7) is 7.26. The summed E-state index contributed by atoms with van der Waals surface area (Å²) in [6.07, 6.45) is 1.76. The molecule has 1 rings (SSSR count). The van der Waals surface area contributed by atoms with Gasteiger partial charge < -0.3 is 5.73 Å². The number of hydrogen-bond donors (Lipinski definition) is 1. The Labute approximate surface area is 93.9 Å². The smallest absolute Gasteiger partial charge is 0.115 e. The summed E-state index contributed by atoms with van der Waals surface area (Å²) >= 11 is 6.46. The minimum absolute atomic E-state index is 0.438. The summed E-state index contributed by atoms with van der Waals surface area (Å²) < 4.78 is 0. The lowest BCUT2D eigenvalue weighted by Crippen LogP contribution is -2.21. The Hall–Kier alpha value is -0.520. The Bertz CT molecular complexity index is 305. The van der Waals surface area contributed by atoms with E-state index >= 15 is 0 Å². The van der Waals surface area contributed by atoms with Crippen molar-refractivity contribution in [1.82, 2.24) is 9.88 Å². The number of rotatable bonds is 5. The van der Waals surface area contributed by atoms with E-state index in [4.69, 9.17) is 18.0 Å². The highest BCUT2D eigenvalue weighted by atomic mass is 32.1. The van der Waals surface area contributed by atoms with E-state index in [0.29, 0.717) is 4.99 Å². The number of nitrogens with zero attached hydrogens (tertiary/aromatic N) is 2. The third-order valence-corrected chi connectivity index (χ3v) is 3.41. The first-order chi connectivity index (χ1) is 6.67. The van der Waals surface area contributed by atoms with E-state index in [1.165, 1.54) is 0 Å². The highest BCUT2D eigenvalue weighted by Gasteiger charge is 2.07. The van der Waals surface area contributed by atoms with Crippen molar-refractivity contribution in [1.29, 1.82) is 0 Å². The molecule has 0 fully saturated rings. The number of hydrogen-bond acceptors (Lipinski definition) is 4. The predicted molar refractivity (Wildman–Crippen MR) is 64.6 cm³/mol. The topological polar surface area (TPSA) is 42.2 Å². The van der Waals surface area contributed by atoms with Gasteiger partial charge in [-0.25, -0.2) is 4.98 Å². The fraction of sp³-hybridized carbons (Fsp3) is 0.556. The van der Waals surface area contributed by atoms with Gasteiger partial charge >= 0.3 is 0 Å². The van der Waals surface area contributed by atoms with Crippen molar-refractivity contribution in [3.63, 3.8) is 0 Å². The Morgan fingerprint density at radius 2 is 2.21 bits per heavy atom. The van der Waals surface area contributed by atoms with Crippen LogP contribution in [0.3, 0.4) is 0 Å². The first-order valence-corrected chi connectivity index (χ1v) is 5.86. The van der Waals surface area contributed by atoms with Gasteiger partial charge in [0.1, 0.15) is 10.00 Å². The van der Waals surface area contributed by atoms with Crippen LogP contribution in [-0.2, 0) is 6.54 Å². The van der Waals surface area contributed by atoms with Crippen LogP contribution in [0.15, 0.2) is 6.20 Å². The molecule has 2 N–H and O–H groups in total. The van der Waals surface area contributed by atoms with Crippen molar-refractivity contribution in [2.75, 3.05) is 13.1 Å². The van der Waals surface area contributed by atoms with E-state index in [0.717, 1.165) is 29.5 Å². The van der Waals surface area contributed by atoms with E-state index in [1.807, 2.05) is 0 Å². The van der Waals surface area contributed by atoms with Crippen molar-refractivity contribution in [3.05, 3.63) is 16.1 Å². The van der Waals surface area contributed by atoms with Crippen LogP contribution in [0.5, 0.6) is 0 Å². The quantitative estimate of drug-likeness (QED) is 0.779. The highest BCUT2D eigenvalue weighted by Crippen LogP contribution is 2.14. The van der Waals surface area contributed by atoms with Crippen molar-refractivity contribution in [3.8, 4) is 0 Å². The van der Waals surface area contributed by atoms with Crippen molar-refractivity contribution in [2.45, 2.75) is 20.4 Å². The maximum absolute atomic E-state index is 5.51. The number of thiazole rings is 1. The maximum Gasteiger partial charge on any atom is 0.115 e. The van der Waals surface area contributed by atoms with Crippen molar-refractivity contribution in [2.24, 2.45) is 5.73 Å². The van der Waals surface area contributed by atoms with E-state index in [-0.39, 0.29) is 0 Å². The molecule has 0 aromatic carbocycles. The van der Waals surface area contributed by atoms with Gasteiger partial charge in [0.15, 0.2) is 0 Å². The van der Waals surface area contributed by atoms with E-state index in [2.05, 4.69) is 23.7 Å². The average Bonchev–Trinajstić information content (AvgIpc) is 2.62. The van der Waals surface area contributed by atoms with Crippen LogP contribution in [-0.4, -0.2) is 28.0 Å². The minimum Gasteiger partial charge on any atom is -0.389 e. The first kappa shape index (κ1) is 11.6.